The van der Waals surface area contributed by atoms with Gasteiger partial charge in [-0.05, 0) is 69.2 Å². The first-order valence-electron chi connectivity index (χ1n) is 9.05. The molecular formula is C21H26ClN3O2. The fourth-order valence-corrected chi connectivity index (χ4v) is 2.84. The number of ether oxygens (including phenoxy) is 1. The average molecular weight is 388 g/mol. The first kappa shape index (κ1) is 20.8. The third-order valence-electron chi connectivity index (χ3n) is 4.22. The van der Waals surface area contributed by atoms with Crippen molar-refractivity contribution in [2.45, 2.75) is 33.8 Å². The van der Waals surface area contributed by atoms with Crippen LogP contribution in [0, 0.1) is 6.92 Å². The van der Waals surface area contributed by atoms with Crippen molar-refractivity contribution < 1.29 is 9.53 Å². The van der Waals surface area contributed by atoms with Gasteiger partial charge in [-0.15, -0.1) is 0 Å². The maximum absolute atomic E-state index is 12.2. The second-order valence-corrected chi connectivity index (χ2v) is 6.60. The number of hydrazone groups is 1. The molecule has 2 rings (SSSR count). The molecule has 0 fully saturated rings. The number of nitrogens with zero attached hydrogens (tertiary/aromatic N) is 2. The largest absolute Gasteiger partial charge is 0.481 e. The van der Waals surface area contributed by atoms with E-state index in [1.165, 1.54) is 5.69 Å². The highest BCUT2D eigenvalue weighted by Crippen LogP contribution is 2.22. The van der Waals surface area contributed by atoms with Crippen LogP contribution >= 0.6 is 11.6 Å². The molecule has 27 heavy (non-hydrogen) atoms. The predicted octanol–water partition coefficient (Wildman–Crippen LogP) is 4.41. The minimum atomic E-state index is -0.674. The molecule has 1 atom stereocenters. The number of benzene rings is 2. The molecule has 0 aromatic heterocycles. The minimum Gasteiger partial charge on any atom is -0.481 e. The van der Waals surface area contributed by atoms with Crippen molar-refractivity contribution >= 4 is 29.4 Å². The number of carbonyl (C=O) groups excluding carboxylic acids is 1. The lowest BCUT2D eigenvalue weighted by molar-refractivity contribution is -0.127. The molecule has 2 aromatic rings. The van der Waals surface area contributed by atoms with E-state index in [1.807, 2.05) is 31.2 Å². The molecule has 5 nitrogen and oxygen atoms in total. The third-order valence-corrected chi connectivity index (χ3v) is 4.46. The highest BCUT2D eigenvalue weighted by Gasteiger charge is 2.15. The summed E-state index contributed by atoms with van der Waals surface area (Å²) in [4.78, 5) is 14.4. The van der Waals surface area contributed by atoms with Gasteiger partial charge in [0.15, 0.2) is 6.10 Å². The van der Waals surface area contributed by atoms with Crippen LogP contribution in [0.3, 0.4) is 0 Å². The zero-order valence-corrected chi connectivity index (χ0v) is 17.0. The highest BCUT2D eigenvalue weighted by molar-refractivity contribution is 6.30. The van der Waals surface area contributed by atoms with Gasteiger partial charge < -0.3 is 9.64 Å². The van der Waals surface area contributed by atoms with Crippen molar-refractivity contribution in [3.63, 3.8) is 0 Å². The zero-order chi connectivity index (χ0) is 19.8. The first-order chi connectivity index (χ1) is 12.9. The molecule has 0 radical (unpaired) electrons. The summed E-state index contributed by atoms with van der Waals surface area (Å²) in [5.41, 5.74) is 5.46. The smallest absolute Gasteiger partial charge is 0.280 e. The fourth-order valence-electron chi connectivity index (χ4n) is 2.61. The number of hydrogen-bond acceptors (Lipinski definition) is 4. The monoisotopic (exact) mass is 387 g/mol. The van der Waals surface area contributed by atoms with Crippen molar-refractivity contribution in [1.82, 2.24) is 5.43 Å². The van der Waals surface area contributed by atoms with Gasteiger partial charge in [-0.1, -0.05) is 23.7 Å². The minimum absolute atomic E-state index is 0.319. The maximum atomic E-state index is 12.2. The molecule has 0 spiro atoms. The lowest BCUT2D eigenvalue weighted by atomic mass is 10.2. The Labute approximate surface area is 166 Å². The Balaban J connectivity index is 1.90. The first-order valence-corrected chi connectivity index (χ1v) is 9.43. The van der Waals surface area contributed by atoms with Crippen LogP contribution in [0.5, 0.6) is 5.75 Å². The number of anilines is 1. The molecule has 1 unspecified atom stereocenters. The van der Waals surface area contributed by atoms with Crippen LogP contribution in [0.4, 0.5) is 5.69 Å². The number of halogens is 1. The summed E-state index contributed by atoms with van der Waals surface area (Å²) in [6, 6.07) is 13.3. The van der Waals surface area contributed by atoms with E-state index in [0.717, 1.165) is 24.2 Å². The third kappa shape index (κ3) is 6.00. The van der Waals surface area contributed by atoms with Gasteiger partial charge in [0.25, 0.3) is 5.91 Å². The number of amides is 1. The molecule has 6 heteroatoms. The number of aryl methyl sites for hydroxylation is 1. The number of hydrogen-bond donors (Lipinski definition) is 1. The SMILES string of the molecule is CCN(CC)c1ccc(C=NNC(=O)C(C)Oc2ccc(Cl)cc2C)cc1. The van der Waals surface area contributed by atoms with Gasteiger partial charge in [-0.2, -0.15) is 5.10 Å². The van der Waals surface area contributed by atoms with Crippen LogP contribution in [0.25, 0.3) is 0 Å². The highest BCUT2D eigenvalue weighted by atomic mass is 35.5. The molecule has 1 amide bonds. The lowest BCUT2D eigenvalue weighted by Crippen LogP contribution is -2.33. The van der Waals surface area contributed by atoms with Gasteiger partial charge in [0.05, 0.1) is 6.21 Å². The maximum Gasteiger partial charge on any atom is 0.280 e. The zero-order valence-electron chi connectivity index (χ0n) is 16.2. The van der Waals surface area contributed by atoms with Crippen molar-refractivity contribution in [3.8, 4) is 5.75 Å². The molecular weight excluding hydrogens is 362 g/mol. The Hall–Kier alpha value is -2.53. The number of rotatable bonds is 8. The van der Waals surface area contributed by atoms with E-state index in [-0.39, 0.29) is 5.91 Å². The standard InChI is InChI=1S/C21H26ClN3O2/c1-5-25(6-2)19-10-7-17(8-11-19)14-23-24-21(26)16(4)27-20-12-9-18(22)13-15(20)3/h7-14,16H,5-6H2,1-4H3,(H,24,26). The van der Waals surface area contributed by atoms with E-state index in [4.69, 9.17) is 16.3 Å². The lowest BCUT2D eigenvalue weighted by Gasteiger charge is -2.20. The van der Waals surface area contributed by atoms with Crippen LogP contribution < -0.4 is 15.1 Å². The summed E-state index contributed by atoms with van der Waals surface area (Å²) in [5.74, 6) is 0.304. The van der Waals surface area contributed by atoms with Gasteiger partial charge in [-0.25, -0.2) is 5.43 Å². The second kappa shape index (κ2) is 9.97. The van der Waals surface area contributed by atoms with Gasteiger partial charge in [0, 0.05) is 23.8 Å². The second-order valence-electron chi connectivity index (χ2n) is 6.17. The van der Waals surface area contributed by atoms with Crippen molar-refractivity contribution in [1.29, 1.82) is 0 Å². The van der Waals surface area contributed by atoms with E-state index in [1.54, 1.807) is 31.3 Å². The van der Waals surface area contributed by atoms with E-state index < -0.39 is 6.10 Å². The van der Waals surface area contributed by atoms with Gasteiger partial charge in [-0.3, -0.25) is 4.79 Å². The van der Waals surface area contributed by atoms with Crippen LogP contribution in [0.2, 0.25) is 5.02 Å². The van der Waals surface area contributed by atoms with Crippen molar-refractivity contribution in [3.05, 3.63) is 58.6 Å². The molecule has 144 valence electrons. The van der Waals surface area contributed by atoms with Crippen molar-refractivity contribution in [2.24, 2.45) is 5.10 Å². The van der Waals surface area contributed by atoms with E-state index >= 15 is 0 Å². The molecule has 0 saturated carbocycles. The quantitative estimate of drug-likeness (QED) is 0.539. The summed E-state index contributed by atoms with van der Waals surface area (Å²) in [6.07, 6.45) is 0.941. The van der Waals surface area contributed by atoms with Crippen molar-refractivity contribution in [2.75, 3.05) is 18.0 Å². The van der Waals surface area contributed by atoms with Crippen LogP contribution in [0.15, 0.2) is 47.6 Å². The number of carbonyl (C=O) groups is 1. The summed E-state index contributed by atoms with van der Waals surface area (Å²) < 4.78 is 5.68. The average Bonchev–Trinajstić information content (AvgIpc) is 2.66. The van der Waals surface area contributed by atoms with Crippen LogP contribution in [0.1, 0.15) is 31.9 Å². The van der Waals surface area contributed by atoms with Gasteiger partial charge in [0.2, 0.25) is 0 Å². The topological polar surface area (TPSA) is 53.9 Å². The summed E-state index contributed by atoms with van der Waals surface area (Å²) in [5, 5.41) is 4.65. The van der Waals surface area contributed by atoms with E-state index in [0.29, 0.717) is 10.8 Å². The Morgan fingerprint density at radius 1 is 1.22 bits per heavy atom. The predicted molar refractivity (Wildman–Crippen MR) is 112 cm³/mol. The summed E-state index contributed by atoms with van der Waals surface area (Å²) in [6.45, 7) is 9.74. The Morgan fingerprint density at radius 3 is 2.48 bits per heavy atom. The molecule has 0 aliphatic carbocycles. The summed E-state index contributed by atoms with van der Waals surface area (Å²) >= 11 is 5.93. The van der Waals surface area contributed by atoms with Gasteiger partial charge in [0.1, 0.15) is 5.75 Å². The van der Waals surface area contributed by atoms with E-state index in [2.05, 4.69) is 29.3 Å². The van der Waals surface area contributed by atoms with Crippen LogP contribution in [-0.2, 0) is 4.79 Å². The number of nitrogens with one attached hydrogen (secondary N) is 1. The molecule has 0 aliphatic heterocycles. The van der Waals surface area contributed by atoms with Crippen LogP contribution in [-0.4, -0.2) is 31.3 Å². The summed E-state index contributed by atoms with van der Waals surface area (Å²) in [7, 11) is 0. The normalized spacial score (nSPS) is 12.0. The fraction of sp³-hybridized carbons (Fsp3) is 0.333. The Kier molecular flexibility index (Phi) is 7.67. The molecule has 0 heterocycles. The molecule has 0 saturated heterocycles. The molecule has 0 bridgehead atoms. The molecule has 1 N–H and O–H groups in total. The molecule has 2 aromatic carbocycles. The molecule has 0 aliphatic rings. The van der Waals surface area contributed by atoms with E-state index in [9.17, 15) is 4.79 Å². The van der Waals surface area contributed by atoms with Gasteiger partial charge >= 0.3 is 0 Å². The Morgan fingerprint density at radius 2 is 1.89 bits per heavy atom. The Bertz CT molecular complexity index is 787.